The Labute approximate surface area is 140 Å². The summed E-state index contributed by atoms with van der Waals surface area (Å²) in [7, 11) is 2.23. The molecule has 0 bridgehead atoms. The van der Waals surface area contributed by atoms with Crippen molar-refractivity contribution in [3.8, 4) is 0 Å². The van der Waals surface area contributed by atoms with Gasteiger partial charge < -0.3 is 9.80 Å². The highest BCUT2D eigenvalue weighted by Gasteiger charge is 2.26. The second kappa shape index (κ2) is 7.58. The maximum absolute atomic E-state index is 4.73. The third-order valence-electron chi connectivity index (χ3n) is 5.26. The van der Waals surface area contributed by atoms with Crippen LogP contribution < -0.4 is 4.90 Å². The molecule has 2 aliphatic heterocycles. The molecule has 0 amide bonds. The normalized spacial score (nSPS) is 24.7. The van der Waals surface area contributed by atoms with Crippen LogP contribution in [0.25, 0.3) is 0 Å². The van der Waals surface area contributed by atoms with Crippen molar-refractivity contribution in [1.29, 1.82) is 0 Å². The van der Waals surface area contributed by atoms with E-state index >= 15 is 0 Å². The van der Waals surface area contributed by atoms with E-state index in [4.69, 9.17) is 4.98 Å². The molecule has 0 aliphatic carbocycles. The average Bonchev–Trinajstić information content (AvgIpc) is 2.81. The zero-order valence-electron chi connectivity index (χ0n) is 15.0. The molecular weight excluding hydrogens is 286 g/mol. The molecule has 0 aromatic carbocycles. The summed E-state index contributed by atoms with van der Waals surface area (Å²) < 4.78 is 0. The van der Waals surface area contributed by atoms with Crippen molar-refractivity contribution in [2.24, 2.45) is 0 Å². The molecule has 0 saturated carbocycles. The van der Waals surface area contributed by atoms with Crippen molar-refractivity contribution in [1.82, 2.24) is 19.8 Å². The number of likely N-dealkylation sites (N-methyl/N-ethyl adjacent to an activating group) is 1. The number of nitrogens with zero attached hydrogens (tertiary/aromatic N) is 5. The highest BCUT2D eigenvalue weighted by Crippen LogP contribution is 2.22. The van der Waals surface area contributed by atoms with Crippen LogP contribution >= 0.6 is 0 Å². The summed E-state index contributed by atoms with van der Waals surface area (Å²) in [5, 5.41) is 0. The number of anilines is 1. The molecule has 1 unspecified atom stereocenters. The van der Waals surface area contributed by atoms with Gasteiger partial charge in [-0.3, -0.25) is 4.90 Å². The maximum Gasteiger partial charge on any atom is 0.132 e. The number of hydrogen-bond donors (Lipinski definition) is 0. The van der Waals surface area contributed by atoms with Gasteiger partial charge in [0, 0.05) is 57.1 Å². The number of aromatic nitrogens is 2. The van der Waals surface area contributed by atoms with Crippen molar-refractivity contribution in [2.75, 3.05) is 51.2 Å². The van der Waals surface area contributed by atoms with Crippen LogP contribution in [0.2, 0.25) is 0 Å². The van der Waals surface area contributed by atoms with E-state index in [0.29, 0.717) is 6.04 Å². The van der Waals surface area contributed by atoms with E-state index in [1.54, 1.807) is 0 Å². The van der Waals surface area contributed by atoms with Crippen LogP contribution in [0.3, 0.4) is 0 Å². The molecule has 3 rings (SSSR count). The summed E-state index contributed by atoms with van der Waals surface area (Å²) in [6.45, 7) is 11.2. The minimum Gasteiger partial charge on any atom is -0.355 e. The first-order valence-corrected chi connectivity index (χ1v) is 9.18. The topological polar surface area (TPSA) is 35.5 Å². The van der Waals surface area contributed by atoms with E-state index in [1.807, 2.05) is 6.92 Å². The molecule has 1 aromatic rings. The molecular formula is C18H31N5. The quantitative estimate of drug-likeness (QED) is 0.851. The second-order valence-electron chi connectivity index (χ2n) is 7.05. The van der Waals surface area contributed by atoms with Gasteiger partial charge in [0.1, 0.15) is 11.6 Å². The van der Waals surface area contributed by atoms with Crippen molar-refractivity contribution in [2.45, 2.75) is 45.6 Å². The van der Waals surface area contributed by atoms with Crippen molar-refractivity contribution < 1.29 is 0 Å². The lowest BCUT2D eigenvalue weighted by Crippen LogP contribution is -2.52. The standard InChI is InChI=1S/C18H31N5/c1-4-16-13-18(20-15(2)19-16)23-8-6-5-7-17(14-23)22-11-9-21(3)10-12-22/h13,17H,4-12,14H2,1-3H3. The van der Waals surface area contributed by atoms with Crippen molar-refractivity contribution in [3.63, 3.8) is 0 Å². The fourth-order valence-electron chi connectivity index (χ4n) is 3.77. The lowest BCUT2D eigenvalue weighted by Gasteiger charge is -2.39. The second-order valence-corrected chi connectivity index (χ2v) is 7.05. The Morgan fingerprint density at radius 2 is 1.87 bits per heavy atom. The summed E-state index contributed by atoms with van der Waals surface area (Å²) in [5.74, 6) is 2.04. The molecule has 23 heavy (non-hydrogen) atoms. The van der Waals surface area contributed by atoms with Gasteiger partial charge in [-0.1, -0.05) is 13.3 Å². The Morgan fingerprint density at radius 3 is 2.61 bits per heavy atom. The van der Waals surface area contributed by atoms with Gasteiger partial charge in [-0.05, 0) is 33.2 Å². The molecule has 0 spiro atoms. The van der Waals surface area contributed by atoms with Gasteiger partial charge in [0.05, 0.1) is 0 Å². The highest BCUT2D eigenvalue weighted by atomic mass is 15.3. The van der Waals surface area contributed by atoms with Crippen LogP contribution in [0, 0.1) is 6.92 Å². The predicted octanol–water partition coefficient (Wildman–Crippen LogP) is 1.95. The van der Waals surface area contributed by atoms with Gasteiger partial charge in [-0.25, -0.2) is 9.97 Å². The maximum atomic E-state index is 4.73. The molecule has 5 heteroatoms. The molecule has 1 atom stereocenters. The lowest BCUT2D eigenvalue weighted by molar-refractivity contribution is 0.110. The molecule has 128 valence electrons. The van der Waals surface area contributed by atoms with Crippen LogP contribution in [0.4, 0.5) is 5.82 Å². The molecule has 2 aliphatic rings. The van der Waals surface area contributed by atoms with Gasteiger partial charge in [0.25, 0.3) is 0 Å². The van der Waals surface area contributed by atoms with Gasteiger partial charge in [-0.15, -0.1) is 0 Å². The Hall–Kier alpha value is -1.20. The van der Waals surface area contributed by atoms with E-state index in [9.17, 15) is 0 Å². The number of hydrogen-bond acceptors (Lipinski definition) is 5. The Balaban J connectivity index is 1.73. The zero-order valence-corrected chi connectivity index (χ0v) is 15.0. The Bertz CT molecular complexity index is 510. The third-order valence-corrected chi connectivity index (χ3v) is 5.26. The Kier molecular flexibility index (Phi) is 5.49. The molecule has 2 saturated heterocycles. The first kappa shape index (κ1) is 16.7. The fraction of sp³-hybridized carbons (Fsp3) is 0.778. The van der Waals surface area contributed by atoms with Gasteiger partial charge >= 0.3 is 0 Å². The van der Waals surface area contributed by atoms with Crippen LogP contribution in [0.1, 0.15) is 37.7 Å². The van der Waals surface area contributed by atoms with E-state index < -0.39 is 0 Å². The average molecular weight is 317 g/mol. The van der Waals surface area contributed by atoms with E-state index in [0.717, 1.165) is 36.8 Å². The Morgan fingerprint density at radius 1 is 1.09 bits per heavy atom. The van der Waals surface area contributed by atoms with Crippen LogP contribution in [-0.2, 0) is 6.42 Å². The monoisotopic (exact) mass is 317 g/mol. The van der Waals surface area contributed by atoms with Gasteiger partial charge in [0.2, 0.25) is 0 Å². The van der Waals surface area contributed by atoms with E-state index in [-0.39, 0.29) is 0 Å². The highest BCUT2D eigenvalue weighted by molar-refractivity contribution is 5.40. The summed E-state index contributed by atoms with van der Waals surface area (Å²) in [4.78, 5) is 16.9. The number of piperazine rings is 1. The molecule has 0 radical (unpaired) electrons. The molecule has 2 fully saturated rings. The molecule has 0 N–H and O–H groups in total. The van der Waals surface area contributed by atoms with Crippen LogP contribution in [0.15, 0.2) is 6.07 Å². The third kappa shape index (κ3) is 4.21. The first-order valence-electron chi connectivity index (χ1n) is 9.18. The summed E-state index contributed by atoms with van der Waals surface area (Å²) in [5.41, 5.74) is 1.16. The van der Waals surface area contributed by atoms with E-state index in [1.165, 1.54) is 45.4 Å². The minimum absolute atomic E-state index is 0.673. The zero-order chi connectivity index (χ0) is 16.2. The number of rotatable bonds is 3. The van der Waals surface area contributed by atoms with Gasteiger partial charge in [-0.2, -0.15) is 0 Å². The first-order chi connectivity index (χ1) is 11.2. The SMILES string of the molecule is CCc1cc(N2CCCCC(N3CCN(C)CC3)C2)nc(C)n1. The fourth-order valence-corrected chi connectivity index (χ4v) is 3.77. The molecule has 5 nitrogen and oxygen atoms in total. The summed E-state index contributed by atoms with van der Waals surface area (Å²) >= 11 is 0. The lowest BCUT2D eigenvalue weighted by atomic mass is 10.1. The largest absolute Gasteiger partial charge is 0.355 e. The van der Waals surface area contributed by atoms with Crippen LogP contribution in [0.5, 0.6) is 0 Å². The summed E-state index contributed by atoms with van der Waals surface area (Å²) in [6.07, 6.45) is 4.91. The van der Waals surface area contributed by atoms with E-state index in [2.05, 4.69) is 39.7 Å². The van der Waals surface area contributed by atoms with Gasteiger partial charge in [0.15, 0.2) is 0 Å². The predicted molar refractivity (Wildman–Crippen MR) is 95.1 cm³/mol. The summed E-state index contributed by atoms with van der Waals surface area (Å²) in [6, 6.07) is 2.87. The van der Waals surface area contributed by atoms with Crippen LogP contribution in [-0.4, -0.2) is 72.1 Å². The molecule has 3 heterocycles. The van der Waals surface area contributed by atoms with Crippen molar-refractivity contribution >= 4 is 5.82 Å². The minimum atomic E-state index is 0.673. The smallest absolute Gasteiger partial charge is 0.132 e. The number of aryl methyl sites for hydroxylation is 2. The van der Waals surface area contributed by atoms with Crippen molar-refractivity contribution in [3.05, 3.63) is 17.6 Å². The molecule has 1 aromatic heterocycles.